The van der Waals surface area contributed by atoms with Gasteiger partial charge in [0.25, 0.3) is 5.91 Å². The van der Waals surface area contributed by atoms with Crippen molar-refractivity contribution in [3.63, 3.8) is 0 Å². The summed E-state index contributed by atoms with van der Waals surface area (Å²) in [5.74, 6) is -0.156. The zero-order valence-electron chi connectivity index (χ0n) is 11.1. The Kier molecular flexibility index (Phi) is 3.28. The summed E-state index contributed by atoms with van der Waals surface area (Å²) in [4.78, 5) is 23.3. The normalized spacial score (nSPS) is 18.4. The first kappa shape index (κ1) is 12.9. The third-order valence-corrected chi connectivity index (χ3v) is 3.44. The number of anilines is 1. The summed E-state index contributed by atoms with van der Waals surface area (Å²) < 4.78 is 10.5. The fraction of sp³-hybridized carbons (Fsp3) is 0.333. The van der Waals surface area contributed by atoms with Gasteiger partial charge in [-0.3, -0.25) is 4.79 Å². The van der Waals surface area contributed by atoms with Crippen LogP contribution < -0.4 is 10.9 Å². The van der Waals surface area contributed by atoms with Gasteiger partial charge in [-0.05, 0) is 37.5 Å². The van der Waals surface area contributed by atoms with Crippen LogP contribution in [-0.2, 0) is 9.53 Å². The zero-order valence-corrected chi connectivity index (χ0v) is 11.1. The van der Waals surface area contributed by atoms with Gasteiger partial charge in [0.2, 0.25) is 0 Å². The van der Waals surface area contributed by atoms with Gasteiger partial charge in [0.15, 0.2) is 0 Å². The molecule has 3 rings (SSSR count). The number of nitrogens with one attached hydrogen (secondary N) is 1. The topological polar surface area (TPSA) is 68.5 Å². The van der Waals surface area contributed by atoms with E-state index in [9.17, 15) is 9.59 Å². The van der Waals surface area contributed by atoms with Crippen LogP contribution in [-0.4, -0.2) is 18.6 Å². The van der Waals surface area contributed by atoms with Crippen LogP contribution >= 0.6 is 0 Å². The van der Waals surface area contributed by atoms with Crippen LogP contribution in [0.5, 0.6) is 0 Å². The Labute approximate surface area is 115 Å². The Bertz CT molecular complexity index is 713. The Balaban J connectivity index is 1.89. The van der Waals surface area contributed by atoms with Gasteiger partial charge in [-0.25, -0.2) is 4.79 Å². The number of hydrogen-bond donors (Lipinski definition) is 1. The van der Waals surface area contributed by atoms with Crippen molar-refractivity contribution in [3.8, 4) is 0 Å². The summed E-state index contributed by atoms with van der Waals surface area (Å²) >= 11 is 0. The van der Waals surface area contributed by atoms with Crippen molar-refractivity contribution in [2.75, 3.05) is 11.9 Å². The van der Waals surface area contributed by atoms with Crippen LogP contribution in [0.15, 0.2) is 33.5 Å². The summed E-state index contributed by atoms with van der Waals surface area (Å²) in [6.07, 6.45) is 1.27. The smallest absolute Gasteiger partial charge is 0.336 e. The minimum Gasteiger partial charge on any atom is -0.423 e. The van der Waals surface area contributed by atoms with E-state index in [0.29, 0.717) is 17.9 Å². The second-order valence-corrected chi connectivity index (χ2v) is 4.95. The van der Waals surface area contributed by atoms with E-state index < -0.39 is 5.63 Å². The molecule has 1 aromatic heterocycles. The number of amides is 1. The lowest BCUT2D eigenvalue weighted by molar-refractivity contribution is -0.124. The number of hydrogen-bond acceptors (Lipinski definition) is 4. The quantitative estimate of drug-likeness (QED) is 0.852. The fourth-order valence-electron chi connectivity index (χ4n) is 2.41. The summed E-state index contributed by atoms with van der Waals surface area (Å²) in [6.45, 7) is 2.48. The van der Waals surface area contributed by atoms with Gasteiger partial charge in [0, 0.05) is 29.8 Å². The molecule has 0 bridgehead atoms. The molecule has 1 amide bonds. The minimum absolute atomic E-state index is 0.156. The summed E-state index contributed by atoms with van der Waals surface area (Å²) in [5, 5.41) is 3.65. The molecule has 5 nitrogen and oxygen atoms in total. The molecule has 0 spiro atoms. The Morgan fingerprint density at radius 1 is 1.35 bits per heavy atom. The second kappa shape index (κ2) is 5.09. The van der Waals surface area contributed by atoms with Gasteiger partial charge in [-0.15, -0.1) is 0 Å². The lowest BCUT2D eigenvalue weighted by Crippen LogP contribution is -2.26. The number of ether oxygens (including phenoxy) is 1. The standard InChI is InChI=1S/C15H15NO4/c1-9-7-14(17)20-13-8-10(4-5-11(9)13)16-15(18)12-3-2-6-19-12/h4-5,7-8,12H,2-3,6H2,1H3,(H,16,18). The first-order chi connectivity index (χ1) is 9.63. The van der Waals surface area contributed by atoms with E-state index in [4.69, 9.17) is 9.15 Å². The molecule has 0 saturated carbocycles. The second-order valence-electron chi connectivity index (χ2n) is 4.95. The number of carbonyl (C=O) groups excluding carboxylic acids is 1. The molecule has 1 unspecified atom stereocenters. The van der Waals surface area contributed by atoms with E-state index in [1.165, 1.54) is 6.07 Å². The number of benzene rings is 1. The van der Waals surface area contributed by atoms with E-state index in [1.807, 2.05) is 13.0 Å². The number of fused-ring (bicyclic) bond motifs is 1. The molecule has 104 valence electrons. The van der Waals surface area contributed by atoms with Crippen LogP contribution in [0.1, 0.15) is 18.4 Å². The number of rotatable bonds is 2. The predicted molar refractivity (Wildman–Crippen MR) is 74.8 cm³/mol. The molecule has 1 aliphatic heterocycles. The van der Waals surface area contributed by atoms with Crippen LogP contribution in [0.3, 0.4) is 0 Å². The molecule has 0 radical (unpaired) electrons. The van der Waals surface area contributed by atoms with Crippen LogP contribution in [0.4, 0.5) is 5.69 Å². The predicted octanol–water partition coefficient (Wildman–Crippen LogP) is 2.22. The van der Waals surface area contributed by atoms with Gasteiger partial charge < -0.3 is 14.5 Å². The lowest BCUT2D eigenvalue weighted by Gasteiger charge is -2.11. The molecule has 1 aliphatic rings. The van der Waals surface area contributed by atoms with Crippen LogP contribution in [0, 0.1) is 6.92 Å². The molecule has 2 aromatic rings. The molecule has 20 heavy (non-hydrogen) atoms. The van der Waals surface area contributed by atoms with Gasteiger partial charge in [-0.1, -0.05) is 0 Å². The summed E-state index contributed by atoms with van der Waals surface area (Å²) in [5.41, 5.74) is 1.54. The highest BCUT2D eigenvalue weighted by Crippen LogP contribution is 2.21. The van der Waals surface area contributed by atoms with E-state index in [1.54, 1.807) is 12.1 Å². The number of carbonyl (C=O) groups is 1. The molecule has 1 saturated heterocycles. The maximum absolute atomic E-state index is 12.0. The Morgan fingerprint density at radius 3 is 2.95 bits per heavy atom. The van der Waals surface area contributed by atoms with Crippen molar-refractivity contribution in [2.24, 2.45) is 0 Å². The highest BCUT2D eigenvalue weighted by molar-refractivity contribution is 5.96. The van der Waals surface area contributed by atoms with Gasteiger partial charge in [-0.2, -0.15) is 0 Å². The molecule has 1 N–H and O–H groups in total. The lowest BCUT2D eigenvalue weighted by atomic mass is 10.1. The summed E-state index contributed by atoms with van der Waals surface area (Å²) in [6, 6.07) is 6.74. The van der Waals surface area contributed by atoms with E-state index in [-0.39, 0.29) is 12.0 Å². The highest BCUT2D eigenvalue weighted by Gasteiger charge is 2.23. The van der Waals surface area contributed by atoms with Crippen molar-refractivity contribution in [1.29, 1.82) is 0 Å². The van der Waals surface area contributed by atoms with Gasteiger partial charge in [0.1, 0.15) is 11.7 Å². The maximum atomic E-state index is 12.0. The molecule has 2 heterocycles. The van der Waals surface area contributed by atoms with E-state index in [2.05, 4.69) is 5.32 Å². The third-order valence-electron chi connectivity index (χ3n) is 3.44. The van der Waals surface area contributed by atoms with Crippen LogP contribution in [0.25, 0.3) is 11.0 Å². The Hall–Kier alpha value is -2.14. The average Bonchev–Trinajstić information content (AvgIpc) is 2.91. The molecule has 1 fully saturated rings. The minimum atomic E-state index is -0.391. The third kappa shape index (κ3) is 2.44. The Morgan fingerprint density at radius 2 is 2.20 bits per heavy atom. The molecule has 5 heteroatoms. The maximum Gasteiger partial charge on any atom is 0.336 e. The first-order valence-electron chi connectivity index (χ1n) is 6.60. The first-order valence-corrected chi connectivity index (χ1v) is 6.60. The SMILES string of the molecule is Cc1cc(=O)oc2cc(NC(=O)C3CCCO3)ccc12. The van der Waals surface area contributed by atoms with Crippen molar-refractivity contribution >= 4 is 22.6 Å². The summed E-state index contributed by atoms with van der Waals surface area (Å²) in [7, 11) is 0. The van der Waals surface area contributed by atoms with Crippen molar-refractivity contribution in [1.82, 2.24) is 0 Å². The van der Waals surface area contributed by atoms with Crippen LogP contribution in [0.2, 0.25) is 0 Å². The van der Waals surface area contributed by atoms with Gasteiger partial charge in [0.05, 0.1) is 0 Å². The fourth-order valence-corrected chi connectivity index (χ4v) is 2.41. The van der Waals surface area contributed by atoms with E-state index >= 15 is 0 Å². The van der Waals surface area contributed by atoms with E-state index in [0.717, 1.165) is 23.8 Å². The van der Waals surface area contributed by atoms with Crippen molar-refractivity contribution < 1.29 is 13.9 Å². The highest BCUT2D eigenvalue weighted by atomic mass is 16.5. The average molecular weight is 273 g/mol. The number of aryl methyl sites for hydroxylation is 1. The molecular weight excluding hydrogens is 258 g/mol. The van der Waals surface area contributed by atoms with Crippen molar-refractivity contribution in [3.05, 3.63) is 40.2 Å². The molecule has 1 aromatic carbocycles. The molecule has 1 atom stereocenters. The van der Waals surface area contributed by atoms with Crippen molar-refractivity contribution in [2.45, 2.75) is 25.9 Å². The molecular formula is C15H15NO4. The van der Waals surface area contributed by atoms with Gasteiger partial charge >= 0.3 is 5.63 Å². The zero-order chi connectivity index (χ0) is 14.1. The molecule has 0 aliphatic carbocycles. The largest absolute Gasteiger partial charge is 0.423 e. The monoisotopic (exact) mass is 273 g/mol.